The second-order valence-electron chi connectivity index (χ2n) is 2.64. The van der Waals surface area contributed by atoms with Crippen molar-refractivity contribution in [1.29, 1.82) is 10.5 Å². The first kappa shape index (κ1) is 14.3. The third kappa shape index (κ3) is 3.34. The molecule has 0 aliphatic rings. The molecule has 0 unspecified atom stereocenters. The van der Waals surface area contributed by atoms with Crippen LogP contribution in [0.2, 0.25) is 10.0 Å². The predicted octanol–water partition coefficient (Wildman–Crippen LogP) is 4.33. The topological polar surface area (TPSA) is 72.0 Å². The van der Waals surface area contributed by atoms with Crippen molar-refractivity contribution in [3.63, 3.8) is 0 Å². The van der Waals surface area contributed by atoms with Gasteiger partial charge in [0.2, 0.25) is 5.71 Å². The predicted molar refractivity (Wildman–Crippen MR) is 74.1 cm³/mol. The summed E-state index contributed by atoms with van der Waals surface area (Å²) in [5, 5.41) is 21.4. The summed E-state index contributed by atoms with van der Waals surface area (Å²) in [4.78, 5) is 0. The number of nitrogens with one attached hydrogen (secondary N) is 1. The first-order valence-electron chi connectivity index (χ1n) is 3.98. The van der Waals surface area contributed by atoms with E-state index in [1.165, 1.54) is 0 Å². The summed E-state index contributed by atoms with van der Waals surface area (Å²) < 4.78 is 1.10. The number of hydrazone groups is 1. The zero-order valence-electron chi connectivity index (χ0n) is 7.93. The molecule has 1 rings (SSSR count). The molecule has 0 saturated carbocycles. The Hall–Kier alpha value is -0.790. The summed E-state index contributed by atoms with van der Waals surface area (Å²) in [5.41, 5.74) is 2.57. The molecule has 17 heavy (non-hydrogen) atoms. The monoisotopic (exact) mass is 394 g/mol. The number of anilines is 1. The van der Waals surface area contributed by atoms with Crippen molar-refractivity contribution in [2.45, 2.75) is 0 Å². The van der Waals surface area contributed by atoms with E-state index in [1.807, 2.05) is 0 Å². The molecule has 0 radical (unpaired) electrons. The number of halogens is 4. The van der Waals surface area contributed by atoms with E-state index in [9.17, 15) is 0 Å². The van der Waals surface area contributed by atoms with Crippen molar-refractivity contribution >= 4 is 66.5 Å². The molecule has 0 spiro atoms. The highest BCUT2D eigenvalue weighted by Crippen LogP contribution is 2.41. The number of hydrogen-bond donors (Lipinski definition) is 1. The van der Waals surface area contributed by atoms with Gasteiger partial charge in [0.05, 0.1) is 20.2 Å². The number of nitriles is 2. The zero-order chi connectivity index (χ0) is 13.0. The first-order chi connectivity index (χ1) is 8.01. The van der Waals surface area contributed by atoms with Crippen LogP contribution in [-0.4, -0.2) is 5.71 Å². The first-order valence-corrected chi connectivity index (χ1v) is 6.32. The Bertz CT molecular complexity index is 556. The summed E-state index contributed by atoms with van der Waals surface area (Å²) in [7, 11) is 0. The Labute approximate surface area is 124 Å². The minimum atomic E-state index is -0.313. The molecule has 0 aromatic heterocycles. The van der Waals surface area contributed by atoms with Crippen LogP contribution in [0.5, 0.6) is 0 Å². The van der Waals surface area contributed by atoms with Crippen molar-refractivity contribution in [3.8, 4) is 12.1 Å². The van der Waals surface area contributed by atoms with Crippen LogP contribution in [0.4, 0.5) is 5.69 Å². The molecular formula is C9H2Br2Cl2N4. The fourth-order valence-corrected chi connectivity index (χ4v) is 2.71. The number of hydrogen-bond acceptors (Lipinski definition) is 4. The van der Waals surface area contributed by atoms with E-state index in [0.29, 0.717) is 24.7 Å². The summed E-state index contributed by atoms with van der Waals surface area (Å²) in [5.74, 6) is 0. The molecule has 4 nitrogen and oxygen atoms in total. The third-order valence-electron chi connectivity index (χ3n) is 1.61. The second kappa shape index (κ2) is 6.23. The Kier molecular flexibility index (Phi) is 5.23. The molecule has 0 bridgehead atoms. The number of nitrogens with zero attached hydrogens (tertiary/aromatic N) is 3. The van der Waals surface area contributed by atoms with Crippen molar-refractivity contribution in [3.05, 3.63) is 25.1 Å². The average Bonchev–Trinajstić information content (AvgIpc) is 2.31. The summed E-state index contributed by atoms with van der Waals surface area (Å²) in [6.45, 7) is 0. The van der Waals surface area contributed by atoms with Crippen LogP contribution in [0.3, 0.4) is 0 Å². The van der Waals surface area contributed by atoms with Gasteiger partial charge in [-0.15, -0.1) is 0 Å². The van der Waals surface area contributed by atoms with Crippen LogP contribution < -0.4 is 5.43 Å². The Morgan fingerprint density at radius 1 is 1.29 bits per heavy atom. The molecule has 0 heterocycles. The lowest BCUT2D eigenvalue weighted by molar-refractivity contribution is 1.32. The van der Waals surface area contributed by atoms with Gasteiger partial charge in [-0.2, -0.15) is 15.6 Å². The zero-order valence-corrected chi connectivity index (χ0v) is 12.6. The van der Waals surface area contributed by atoms with Crippen molar-refractivity contribution < 1.29 is 0 Å². The van der Waals surface area contributed by atoms with Gasteiger partial charge in [-0.25, -0.2) is 0 Å². The molecule has 1 N–H and O–H groups in total. The number of rotatable bonds is 2. The molecule has 0 fully saturated rings. The Morgan fingerprint density at radius 3 is 2.41 bits per heavy atom. The van der Waals surface area contributed by atoms with Crippen molar-refractivity contribution in [2.75, 3.05) is 5.43 Å². The van der Waals surface area contributed by atoms with Gasteiger partial charge < -0.3 is 0 Å². The van der Waals surface area contributed by atoms with Crippen molar-refractivity contribution in [1.82, 2.24) is 0 Å². The third-order valence-corrected chi connectivity index (χ3v) is 4.17. The van der Waals surface area contributed by atoms with E-state index in [0.717, 1.165) is 0 Å². The van der Waals surface area contributed by atoms with Gasteiger partial charge in [0.25, 0.3) is 0 Å². The molecule has 0 aliphatic carbocycles. The lowest BCUT2D eigenvalue weighted by Gasteiger charge is -2.09. The van der Waals surface area contributed by atoms with Crippen LogP contribution >= 0.6 is 55.1 Å². The molecule has 0 amide bonds. The van der Waals surface area contributed by atoms with E-state index < -0.39 is 0 Å². The fraction of sp³-hybridized carbons (Fsp3) is 0. The van der Waals surface area contributed by atoms with E-state index >= 15 is 0 Å². The van der Waals surface area contributed by atoms with E-state index in [-0.39, 0.29) is 5.71 Å². The van der Waals surface area contributed by atoms with E-state index in [4.69, 9.17) is 33.7 Å². The van der Waals surface area contributed by atoms with Crippen LogP contribution in [0, 0.1) is 22.7 Å². The van der Waals surface area contributed by atoms with Gasteiger partial charge in [-0.05, 0) is 37.9 Å². The second-order valence-corrected chi connectivity index (χ2v) is 5.07. The molecule has 86 valence electrons. The fourth-order valence-electron chi connectivity index (χ4n) is 0.856. The van der Waals surface area contributed by atoms with Gasteiger partial charge >= 0.3 is 0 Å². The smallest absolute Gasteiger partial charge is 0.237 e. The van der Waals surface area contributed by atoms with Gasteiger partial charge in [-0.1, -0.05) is 23.2 Å². The average molecular weight is 397 g/mol. The lowest BCUT2D eigenvalue weighted by Crippen LogP contribution is -1.98. The maximum Gasteiger partial charge on any atom is 0.237 e. The summed E-state index contributed by atoms with van der Waals surface area (Å²) >= 11 is 18.4. The van der Waals surface area contributed by atoms with Gasteiger partial charge in [0.1, 0.15) is 12.1 Å². The SMILES string of the molecule is N#CC(C#N)=NNc1c(Cl)cc(Br)c(Cl)c1Br. The van der Waals surface area contributed by atoms with Crippen LogP contribution in [-0.2, 0) is 0 Å². The molecule has 0 saturated heterocycles. The molecule has 0 aliphatic heterocycles. The molecule has 0 atom stereocenters. The molecule has 1 aromatic carbocycles. The van der Waals surface area contributed by atoms with E-state index in [2.05, 4.69) is 42.4 Å². The summed E-state index contributed by atoms with van der Waals surface area (Å²) in [6, 6.07) is 4.80. The van der Waals surface area contributed by atoms with Gasteiger partial charge in [-0.3, -0.25) is 5.43 Å². The highest BCUT2D eigenvalue weighted by molar-refractivity contribution is 9.11. The maximum atomic E-state index is 8.52. The molecule has 8 heteroatoms. The number of benzene rings is 1. The summed E-state index contributed by atoms with van der Waals surface area (Å²) in [6.07, 6.45) is 0. The maximum absolute atomic E-state index is 8.52. The molecule has 1 aromatic rings. The highest BCUT2D eigenvalue weighted by Gasteiger charge is 2.12. The Balaban J connectivity index is 3.18. The standard InChI is InChI=1S/C9H2Br2Cl2N4/c10-5-1-6(12)9(7(11)8(5)13)17-16-4(2-14)3-15/h1,17H. The largest absolute Gasteiger partial charge is 0.274 e. The Morgan fingerprint density at radius 2 is 1.88 bits per heavy atom. The minimum Gasteiger partial charge on any atom is -0.274 e. The van der Waals surface area contributed by atoms with Crippen molar-refractivity contribution in [2.24, 2.45) is 5.10 Å². The van der Waals surface area contributed by atoms with Crippen LogP contribution in [0.25, 0.3) is 0 Å². The van der Waals surface area contributed by atoms with Crippen LogP contribution in [0.15, 0.2) is 20.1 Å². The van der Waals surface area contributed by atoms with E-state index in [1.54, 1.807) is 18.2 Å². The minimum absolute atomic E-state index is 0.313. The highest BCUT2D eigenvalue weighted by atomic mass is 79.9. The molecular weight excluding hydrogens is 395 g/mol. The van der Waals surface area contributed by atoms with Gasteiger partial charge in [0.15, 0.2) is 0 Å². The van der Waals surface area contributed by atoms with Gasteiger partial charge in [0, 0.05) is 4.47 Å². The lowest BCUT2D eigenvalue weighted by atomic mass is 10.3. The normalized spacial score (nSPS) is 9.06. The quantitative estimate of drug-likeness (QED) is 0.350. The van der Waals surface area contributed by atoms with Crippen LogP contribution in [0.1, 0.15) is 0 Å².